The maximum atomic E-state index is 12.9. The van der Waals surface area contributed by atoms with Crippen LogP contribution >= 0.6 is 11.6 Å². The molecule has 388 valence electrons. The Bertz CT molecular complexity index is 2210. The Balaban J connectivity index is 0.000000297. The minimum atomic E-state index is -0.475. The number of halogens is 1. The molecule has 4 aliphatic heterocycles. The van der Waals surface area contributed by atoms with E-state index in [0.717, 1.165) is 114 Å². The predicted molar refractivity (Wildman–Crippen MR) is 276 cm³/mol. The summed E-state index contributed by atoms with van der Waals surface area (Å²) in [5.41, 5.74) is 2.15. The molecular weight excluding hydrogens is 912 g/mol. The van der Waals surface area contributed by atoms with E-state index in [-0.39, 0.29) is 50.3 Å². The monoisotopic (exact) mass is 993 g/mol. The van der Waals surface area contributed by atoms with Crippen LogP contribution in [0.15, 0.2) is 36.7 Å². The highest BCUT2D eigenvalue weighted by molar-refractivity contribution is 6.30. The molecule has 4 atom stereocenters. The SMILES string of the molecule is C.C.CC[C@H]1CN(c2ncc(C(=O)OC)nc2C)[C@H](C)CN1C1CCN(C(=O)OC(C)(C)C)CC1.CC[C@H]1CN(c2ncc(C(=O)OC)nc2C)[C@H](C)CN1C1CCN(C(=O)c2ccc(Cl)cc2)CC1. The summed E-state index contributed by atoms with van der Waals surface area (Å²) in [4.78, 5) is 80.6. The number of aromatic nitrogens is 4. The summed E-state index contributed by atoms with van der Waals surface area (Å²) in [7, 11) is 2.69. The lowest BCUT2D eigenvalue weighted by Crippen LogP contribution is -2.62. The molecule has 70 heavy (non-hydrogen) atoms. The van der Waals surface area contributed by atoms with Crippen molar-refractivity contribution < 1.29 is 33.4 Å². The summed E-state index contributed by atoms with van der Waals surface area (Å²) in [6.07, 6.45) is 8.69. The second-order valence-corrected chi connectivity index (χ2v) is 20.0. The fourth-order valence-corrected chi connectivity index (χ4v) is 10.3. The number of rotatable bonds is 9. The highest BCUT2D eigenvalue weighted by atomic mass is 35.5. The van der Waals surface area contributed by atoms with E-state index in [0.29, 0.717) is 34.8 Å². The van der Waals surface area contributed by atoms with Gasteiger partial charge in [-0.05, 0) is 111 Å². The first-order valence-corrected chi connectivity index (χ1v) is 24.6. The lowest BCUT2D eigenvalue weighted by molar-refractivity contribution is 0.00753. The number of piperazine rings is 2. The summed E-state index contributed by atoms with van der Waals surface area (Å²) >= 11 is 5.97. The van der Waals surface area contributed by atoms with Gasteiger partial charge in [0.1, 0.15) is 17.2 Å². The number of benzene rings is 1. The maximum absolute atomic E-state index is 12.9. The Morgan fingerprint density at radius 1 is 0.657 bits per heavy atom. The first-order chi connectivity index (χ1) is 32.4. The number of nitrogens with zero attached hydrogens (tertiary/aromatic N) is 10. The lowest BCUT2D eigenvalue weighted by Gasteiger charge is -2.50. The van der Waals surface area contributed by atoms with Crippen LogP contribution < -0.4 is 9.80 Å². The molecule has 2 amide bonds. The third-order valence-corrected chi connectivity index (χ3v) is 14.0. The molecule has 4 aliphatic rings. The van der Waals surface area contributed by atoms with Crippen LogP contribution in [-0.2, 0) is 14.2 Å². The van der Waals surface area contributed by atoms with Gasteiger partial charge in [0.05, 0.1) is 38.0 Å². The maximum Gasteiger partial charge on any atom is 0.410 e. The molecule has 3 aromatic rings. The predicted octanol–water partition coefficient (Wildman–Crippen LogP) is 8.35. The molecule has 0 spiro atoms. The second-order valence-electron chi connectivity index (χ2n) is 19.6. The van der Waals surface area contributed by atoms with Gasteiger partial charge in [-0.25, -0.2) is 34.3 Å². The molecule has 7 rings (SSSR count). The molecule has 2 aromatic heterocycles. The standard InChI is InChI=1S/C26H34ClN5O3.C24H39N5O4.2CH4/c1-5-21-16-31(24-18(3)29-23(14-28-24)26(34)35-4)17(2)15-32(21)22-10-12-30(13-11-22)25(33)19-6-8-20(27)9-7-19;1-8-18-15-28(21-17(3)26-20(13-25-21)22(30)32-7)16(2)14-29(18)19-9-11-27(12-10-19)23(31)33-24(4,5)6;;/h6-9,14,17,21-22H,5,10-13,15-16H2,1-4H3;13,16,18-19H,8-12,14-15H2,1-7H3;2*1H4/t17-,21+;16-,18+;;/m11../s1. The molecule has 6 heterocycles. The van der Waals surface area contributed by atoms with E-state index in [1.807, 2.05) is 44.4 Å². The van der Waals surface area contributed by atoms with Crippen LogP contribution in [0.4, 0.5) is 16.4 Å². The van der Waals surface area contributed by atoms with Gasteiger partial charge in [-0.15, -0.1) is 0 Å². The third-order valence-electron chi connectivity index (χ3n) is 13.8. The van der Waals surface area contributed by atoms with Crippen molar-refractivity contribution >= 4 is 47.2 Å². The molecule has 0 bridgehead atoms. The van der Waals surface area contributed by atoms with Gasteiger partial charge in [-0.2, -0.15) is 0 Å². The van der Waals surface area contributed by atoms with E-state index in [2.05, 4.69) is 67.2 Å². The molecule has 0 unspecified atom stereocenters. The number of methoxy groups -OCH3 is 2. The normalized spacial score (nSPS) is 21.7. The Morgan fingerprint density at radius 2 is 1.06 bits per heavy atom. The van der Waals surface area contributed by atoms with Gasteiger partial charge in [0.25, 0.3) is 5.91 Å². The molecule has 1 aromatic carbocycles. The first-order valence-electron chi connectivity index (χ1n) is 24.3. The van der Waals surface area contributed by atoms with Gasteiger partial charge in [-0.3, -0.25) is 14.6 Å². The number of hydrogen-bond acceptors (Lipinski definition) is 15. The Labute approximate surface area is 422 Å². The number of carbonyl (C=O) groups is 4. The molecular formula is C52H81ClN10O7. The molecule has 4 fully saturated rings. The summed E-state index contributed by atoms with van der Waals surface area (Å²) < 4.78 is 15.1. The number of ether oxygens (including phenoxy) is 3. The average Bonchev–Trinajstić information content (AvgIpc) is 3.33. The van der Waals surface area contributed by atoms with Crippen LogP contribution in [0.1, 0.15) is 145 Å². The molecule has 17 nitrogen and oxygen atoms in total. The number of esters is 2. The van der Waals surface area contributed by atoms with E-state index in [4.69, 9.17) is 25.8 Å². The minimum Gasteiger partial charge on any atom is -0.464 e. The topological polar surface area (TPSA) is 167 Å². The number of anilines is 2. The lowest BCUT2D eigenvalue weighted by atomic mass is 9.96. The fraction of sp³-hybridized carbons (Fsp3) is 0.654. The van der Waals surface area contributed by atoms with Crippen LogP contribution in [0.5, 0.6) is 0 Å². The van der Waals surface area contributed by atoms with Gasteiger partial charge in [0, 0.05) is 99.2 Å². The quantitative estimate of drug-likeness (QED) is 0.148. The first kappa shape index (κ1) is 57.4. The van der Waals surface area contributed by atoms with Crippen molar-refractivity contribution in [3.63, 3.8) is 0 Å². The van der Waals surface area contributed by atoms with E-state index in [1.54, 1.807) is 24.3 Å². The van der Waals surface area contributed by atoms with E-state index in [1.165, 1.54) is 26.6 Å². The van der Waals surface area contributed by atoms with Crippen LogP contribution in [0.2, 0.25) is 5.02 Å². The van der Waals surface area contributed by atoms with Crippen molar-refractivity contribution in [2.24, 2.45) is 0 Å². The van der Waals surface area contributed by atoms with Crippen LogP contribution in [0.3, 0.4) is 0 Å². The zero-order valence-electron chi connectivity index (χ0n) is 42.0. The zero-order chi connectivity index (χ0) is 49.4. The van der Waals surface area contributed by atoms with Gasteiger partial charge < -0.3 is 33.8 Å². The average molecular weight is 994 g/mol. The van der Waals surface area contributed by atoms with Crippen molar-refractivity contribution in [3.8, 4) is 0 Å². The second kappa shape index (κ2) is 25.3. The number of piperidine rings is 2. The Kier molecular flexibility index (Phi) is 20.8. The highest BCUT2D eigenvalue weighted by Crippen LogP contribution is 2.32. The van der Waals surface area contributed by atoms with Crippen LogP contribution in [0, 0.1) is 13.8 Å². The van der Waals surface area contributed by atoms with Gasteiger partial charge in [0.15, 0.2) is 11.4 Å². The number of carbonyl (C=O) groups excluding carboxylic acids is 4. The van der Waals surface area contributed by atoms with E-state index < -0.39 is 17.5 Å². The fourth-order valence-electron chi connectivity index (χ4n) is 10.1. The largest absolute Gasteiger partial charge is 0.464 e. The van der Waals surface area contributed by atoms with Gasteiger partial charge in [0.2, 0.25) is 0 Å². The van der Waals surface area contributed by atoms with Crippen LogP contribution in [-0.4, -0.2) is 172 Å². The molecule has 0 radical (unpaired) electrons. The van der Waals surface area contributed by atoms with E-state index >= 15 is 0 Å². The summed E-state index contributed by atoms with van der Waals surface area (Å²) in [6, 6.07) is 9.32. The number of amides is 2. The van der Waals surface area contributed by atoms with Crippen molar-refractivity contribution in [3.05, 3.63) is 70.0 Å². The molecule has 0 aliphatic carbocycles. The van der Waals surface area contributed by atoms with E-state index in [9.17, 15) is 19.2 Å². The van der Waals surface area contributed by atoms with Crippen molar-refractivity contribution in [2.75, 3.05) is 76.4 Å². The third kappa shape index (κ3) is 13.8. The zero-order valence-corrected chi connectivity index (χ0v) is 42.8. The molecule has 0 saturated carbocycles. The van der Waals surface area contributed by atoms with Crippen LogP contribution in [0.25, 0.3) is 0 Å². The number of likely N-dealkylation sites (tertiary alicyclic amines) is 2. The summed E-state index contributed by atoms with van der Waals surface area (Å²) in [5.74, 6) is 0.783. The van der Waals surface area contributed by atoms with Gasteiger partial charge >= 0.3 is 18.0 Å². The van der Waals surface area contributed by atoms with Crippen molar-refractivity contribution in [1.82, 2.24) is 39.5 Å². The Morgan fingerprint density at radius 3 is 1.41 bits per heavy atom. The summed E-state index contributed by atoms with van der Waals surface area (Å²) in [5, 5.41) is 0.639. The summed E-state index contributed by atoms with van der Waals surface area (Å²) in [6.45, 7) is 24.9. The number of aryl methyl sites for hydroxylation is 2. The smallest absolute Gasteiger partial charge is 0.410 e. The minimum absolute atomic E-state index is 0. The molecule has 18 heteroatoms. The Hall–Kier alpha value is -5.13. The molecule has 0 N–H and O–H groups in total. The molecule has 4 saturated heterocycles. The van der Waals surface area contributed by atoms with Crippen molar-refractivity contribution in [2.45, 2.75) is 158 Å². The van der Waals surface area contributed by atoms with Crippen molar-refractivity contribution in [1.29, 1.82) is 0 Å². The number of hydrogen-bond donors (Lipinski definition) is 0. The highest BCUT2D eigenvalue weighted by Gasteiger charge is 2.40. The van der Waals surface area contributed by atoms with Gasteiger partial charge in [-0.1, -0.05) is 40.3 Å².